The zero-order valence-electron chi connectivity index (χ0n) is 10.2. The highest BCUT2D eigenvalue weighted by atomic mass is 27.2. The van der Waals surface area contributed by atoms with Crippen LogP contribution in [0.5, 0.6) is 0 Å². The second-order valence-corrected chi connectivity index (χ2v) is 7.32. The van der Waals surface area contributed by atoms with E-state index in [9.17, 15) is 0 Å². The van der Waals surface area contributed by atoms with Gasteiger partial charge in [0.15, 0.2) is 0 Å². The van der Waals surface area contributed by atoms with Crippen LogP contribution in [0.1, 0.15) is 11.1 Å². The van der Waals surface area contributed by atoms with Crippen LogP contribution < -0.4 is 8.85 Å². The Hall–Kier alpha value is -1.03. The van der Waals surface area contributed by atoms with Gasteiger partial charge in [0.2, 0.25) is 0 Å². The molecule has 0 fully saturated rings. The van der Waals surface area contributed by atoms with E-state index < -0.39 is 14.1 Å². The molecule has 0 unspecified atom stereocenters. The topological polar surface area (TPSA) is 0 Å². The molecular formula is C15H17Al. The van der Waals surface area contributed by atoms with E-state index >= 15 is 0 Å². The van der Waals surface area contributed by atoms with Crippen molar-refractivity contribution in [2.24, 2.45) is 0 Å². The summed E-state index contributed by atoms with van der Waals surface area (Å²) in [6.07, 6.45) is 0. The van der Waals surface area contributed by atoms with Crippen LogP contribution in [-0.4, -0.2) is 14.1 Å². The highest BCUT2D eigenvalue weighted by molar-refractivity contribution is 6.84. The smallest absolute Gasteiger partial charge is 0.104 e. The van der Waals surface area contributed by atoms with Gasteiger partial charge in [0, 0.05) is 0 Å². The van der Waals surface area contributed by atoms with Crippen LogP contribution in [0, 0.1) is 13.8 Å². The number of benzene rings is 2. The molecule has 0 aromatic heterocycles. The summed E-state index contributed by atoms with van der Waals surface area (Å²) < 4.78 is 3.05. The highest BCUT2D eigenvalue weighted by Gasteiger charge is 2.15. The molecule has 0 bridgehead atoms. The van der Waals surface area contributed by atoms with Crippen molar-refractivity contribution in [2.45, 2.75) is 19.6 Å². The molecular weight excluding hydrogens is 207 g/mol. The van der Waals surface area contributed by atoms with Crippen molar-refractivity contribution < 1.29 is 0 Å². The lowest BCUT2D eigenvalue weighted by atomic mass is 10.2. The van der Waals surface area contributed by atoms with Crippen molar-refractivity contribution >= 4 is 23.0 Å². The van der Waals surface area contributed by atoms with Crippen molar-refractivity contribution in [1.29, 1.82) is 0 Å². The fraction of sp³-hybridized carbons (Fsp3) is 0.200. The summed E-state index contributed by atoms with van der Waals surface area (Å²) in [5, 5.41) is 0. The van der Waals surface area contributed by atoms with Gasteiger partial charge in [0.25, 0.3) is 0 Å². The van der Waals surface area contributed by atoms with Crippen molar-refractivity contribution in [1.82, 2.24) is 0 Å². The molecule has 16 heavy (non-hydrogen) atoms. The third kappa shape index (κ3) is 2.56. The molecule has 0 amide bonds. The molecule has 1 heteroatoms. The van der Waals surface area contributed by atoms with Crippen molar-refractivity contribution in [3.05, 3.63) is 59.7 Å². The lowest BCUT2D eigenvalue weighted by molar-refractivity contribution is 1.48. The van der Waals surface area contributed by atoms with Gasteiger partial charge in [0.1, 0.15) is 0 Å². The minimum Gasteiger partial charge on any atom is -0.104 e. The first-order valence-corrected chi connectivity index (χ1v) is 8.11. The molecule has 0 heterocycles. The third-order valence-corrected chi connectivity index (χ3v) is 5.92. The van der Waals surface area contributed by atoms with E-state index in [4.69, 9.17) is 0 Å². The Morgan fingerprint density at radius 1 is 0.625 bits per heavy atom. The molecule has 0 spiro atoms. The maximum atomic E-state index is 2.40. The first-order chi connectivity index (χ1) is 7.66. The van der Waals surface area contributed by atoms with E-state index in [1.54, 1.807) is 0 Å². The van der Waals surface area contributed by atoms with Crippen LogP contribution in [-0.2, 0) is 0 Å². The van der Waals surface area contributed by atoms with E-state index in [1.165, 1.54) is 20.0 Å². The maximum absolute atomic E-state index is 2.40. The van der Waals surface area contributed by atoms with Crippen LogP contribution in [0.4, 0.5) is 0 Å². The number of aryl methyl sites for hydroxylation is 2. The van der Waals surface area contributed by atoms with Gasteiger partial charge in [-0.3, -0.25) is 0 Å². The van der Waals surface area contributed by atoms with Gasteiger partial charge in [-0.1, -0.05) is 65.4 Å². The fourth-order valence-electron chi connectivity index (χ4n) is 1.90. The lowest BCUT2D eigenvalue weighted by Crippen LogP contribution is -2.38. The molecule has 0 aliphatic heterocycles. The van der Waals surface area contributed by atoms with Crippen LogP contribution in [0.25, 0.3) is 0 Å². The van der Waals surface area contributed by atoms with E-state index in [0.29, 0.717) is 0 Å². The number of hydrogen-bond acceptors (Lipinski definition) is 0. The average Bonchev–Trinajstić information content (AvgIpc) is 2.30. The molecule has 80 valence electrons. The van der Waals surface area contributed by atoms with E-state index in [1.807, 2.05) is 0 Å². The largest absolute Gasteiger partial charge is 0.342 e. The zero-order chi connectivity index (χ0) is 11.5. The first kappa shape index (κ1) is 11.5. The normalized spacial score (nSPS) is 10.2. The fourth-order valence-corrected chi connectivity index (χ4v) is 3.83. The van der Waals surface area contributed by atoms with Crippen LogP contribution in [0.3, 0.4) is 0 Å². The second-order valence-electron chi connectivity index (χ2n) is 4.54. The Kier molecular flexibility index (Phi) is 3.49. The molecule has 2 aromatic rings. The van der Waals surface area contributed by atoms with E-state index in [2.05, 4.69) is 68.2 Å². The molecule has 0 atom stereocenters. The van der Waals surface area contributed by atoms with Crippen molar-refractivity contribution in [3.63, 3.8) is 0 Å². The van der Waals surface area contributed by atoms with Gasteiger partial charge in [-0.15, -0.1) is 8.85 Å². The summed E-state index contributed by atoms with van der Waals surface area (Å²) in [5.74, 6) is 2.40. The van der Waals surface area contributed by atoms with Gasteiger partial charge in [0.05, 0.1) is 0 Å². The third-order valence-electron chi connectivity index (χ3n) is 3.15. The van der Waals surface area contributed by atoms with E-state index in [-0.39, 0.29) is 0 Å². The quantitative estimate of drug-likeness (QED) is 0.688. The van der Waals surface area contributed by atoms with Crippen LogP contribution in [0.15, 0.2) is 48.5 Å². The molecule has 0 aliphatic rings. The van der Waals surface area contributed by atoms with Gasteiger partial charge in [-0.25, -0.2) is 0 Å². The summed E-state index contributed by atoms with van der Waals surface area (Å²) in [5.41, 5.74) is 2.68. The van der Waals surface area contributed by atoms with Crippen LogP contribution >= 0.6 is 0 Å². The Bertz CT molecular complexity index is 408. The summed E-state index contributed by atoms with van der Waals surface area (Å²) in [6, 6.07) is 18.0. The van der Waals surface area contributed by atoms with E-state index in [0.717, 1.165) is 0 Å². The summed E-state index contributed by atoms with van der Waals surface area (Å²) in [7, 11) is 0. The number of rotatable bonds is 2. The Balaban J connectivity index is 2.28. The SMILES string of the molecule is Cc1cc[c]([Al]([CH3])[c]2ccc(C)cc2)cc1. The Morgan fingerprint density at radius 2 is 0.938 bits per heavy atom. The molecule has 2 rings (SSSR count). The zero-order valence-corrected chi connectivity index (χ0v) is 11.4. The highest BCUT2D eigenvalue weighted by Crippen LogP contribution is 1.98. The minimum absolute atomic E-state index is 0.960. The molecule has 2 aromatic carbocycles. The Morgan fingerprint density at radius 3 is 1.25 bits per heavy atom. The summed E-state index contributed by atoms with van der Waals surface area (Å²) in [4.78, 5) is 0. The number of hydrogen-bond donors (Lipinski definition) is 0. The van der Waals surface area contributed by atoms with Gasteiger partial charge >= 0.3 is 14.1 Å². The molecule has 0 radical (unpaired) electrons. The van der Waals surface area contributed by atoms with Crippen molar-refractivity contribution in [3.8, 4) is 0 Å². The van der Waals surface area contributed by atoms with Gasteiger partial charge in [-0.2, -0.15) is 0 Å². The summed E-state index contributed by atoms with van der Waals surface area (Å²) in [6.45, 7) is 4.28. The maximum Gasteiger partial charge on any atom is 0.342 e. The van der Waals surface area contributed by atoms with Crippen molar-refractivity contribution in [2.75, 3.05) is 0 Å². The molecule has 0 saturated carbocycles. The first-order valence-electron chi connectivity index (χ1n) is 5.80. The molecule has 0 aliphatic carbocycles. The average molecular weight is 224 g/mol. The van der Waals surface area contributed by atoms with Gasteiger partial charge < -0.3 is 0 Å². The molecule has 0 nitrogen and oxygen atoms in total. The van der Waals surface area contributed by atoms with Crippen LogP contribution in [0.2, 0.25) is 5.79 Å². The van der Waals surface area contributed by atoms with Gasteiger partial charge in [-0.05, 0) is 13.8 Å². The standard InChI is InChI=1S/2C7H7.CH3.Al/c2*1-7-5-3-2-4-6-7;;/h2*3-6H,1H3;1H3;. The monoisotopic (exact) mass is 224 g/mol. The lowest BCUT2D eigenvalue weighted by Gasteiger charge is -2.08. The predicted molar refractivity (Wildman–Crippen MR) is 73.2 cm³/mol. The predicted octanol–water partition coefficient (Wildman–Crippen LogP) is 2.54. The second kappa shape index (κ2) is 4.87. The minimum atomic E-state index is -0.960. The molecule has 0 saturated heterocycles. The Labute approximate surface area is 102 Å². The molecule has 0 N–H and O–H groups in total. The summed E-state index contributed by atoms with van der Waals surface area (Å²) >= 11 is -0.960.